The molecule has 0 amide bonds. The van der Waals surface area contributed by atoms with Crippen LogP contribution in [0.2, 0.25) is 0 Å². The van der Waals surface area contributed by atoms with Gasteiger partial charge in [-0.25, -0.2) is 4.39 Å². The number of hydrogen-bond donors (Lipinski definition) is 1. The van der Waals surface area contributed by atoms with Gasteiger partial charge in [-0.2, -0.15) is 0 Å². The second-order valence-corrected chi connectivity index (χ2v) is 4.02. The number of nitrogen functional groups attached to an aromatic ring is 1. The predicted octanol–water partition coefficient (Wildman–Crippen LogP) is 3.69. The minimum atomic E-state index is -0.225. The van der Waals surface area contributed by atoms with Crippen LogP contribution in [0.5, 0.6) is 0 Å². The summed E-state index contributed by atoms with van der Waals surface area (Å²) in [5.74, 6) is -0.225. The molecule has 0 unspecified atom stereocenters. The van der Waals surface area contributed by atoms with Gasteiger partial charge < -0.3 is 5.73 Å². The van der Waals surface area contributed by atoms with E-state index in [1.807, 2.05) is 32.0 Å². The fourth-order valence-corrected chi connectivity index (χ4v) is 1.84. The van der Waals surface area contributed by atoms with Gasteiger partial charge in [-0.15, -0.1) is 0 Å². The topological polar surface area (TPSA) is 26.0 Å². The van der Waals surface area contributed by atoms with Gasteiger partial charge in [0, 0.05) is 5.69 Å². The average molecular weight is 215 g/mol. The second kappa shape index (κ2) is 3.97. The summed E-state index contributed by atoms with van der Waals surface area (Å²) in [7, 11) is 0. The van der Waals surface area contributed by atoms with E-state index in [1.165, 1.54) is 12.1 Å². The van der Waals surface area contributed by atoms with E-state index in [2.05, 4.69) is 0 Å². The molecule has 2 N–H and O–H groups in total. The Morgan fingerprint density at radius 2 is 1.81 bits per heavy atom. The van der Waals surface area contributed by atoms with Crippen LogP contribution in [0, 0.1) is 19.7 Å². The number of aryl methyl sites for hydroxylation is 1. The largest absolute Gasteiger partial charge is 0.399 e. The predicted molar refractivity (Wildman–Crippen MR) is 65.7 cm³/mol. The van der Waals surface area contributed by atoms with E-state index < -0.39 is 0 Å². The lowest BCUT2D eigenvalue weighted by atomic mass is 9.96. The molecule has 0 fully saturated rings. The molecule has 2 rings (SSSR count). The fourth-order valence-electron chi connectivity index (χ4n) is 1.84. The van der Waals surface area contributed by atoms with Crippen molar-refractivity contribution in [1.82, 2.24) is 0 Å². The van der Waals surface area contributed by atoms with E-state index >= 15 is 0 Å². The molecule has 0 aliphatic carbocycles. The van der Waals surface area contributed by atoms with Crippen molar-refractivity contribution in [2.75, 3.05) is 5.73 Å². The summed E-state index contributed by atoms with van der Waals surface area (Å²) in [6, 6.07) is 10.4. The highest BCUT2D eigenvalue weighted by atomic mass is 19.1. The van der Waals surface area contributed by atoms with Gasteiger partial charge in [-0.3, -0.25) is 0 Å². The molecule has 16 heavy (non-hydrogen) atoms. The van der Waals surface area contributed by atoms with Gasteiger partial charge in [0.2, 0.25) is 0 Å². The van der Waals surface area contributed by atoms with Gasteiger partial charge in [0.05, 0.1) is 0 Å². The summed E-state index contributed by atoms with van der Waals surface area (Å²) in [4.78, 5) is 0. The summed E-state index contributed by atoms with van der Waals surface area (Å²) in [5.41, 5.74) is 10.6. The van der Waals surface area contributed by atoms with Crippen LogP contribution in [0.15, 0.2) is 36.4 Å². The van der Waals surface area contributed by atoms with E-state index in [0.29, 0.717) is 5.69 Å². The Bertz CT molecular complexity index is 532. The highest BCUT2D eigenvalue weighted by Crippen LogP contribution is 2.28. The number of anilines is 1. The third-order valence-electron chi connectivity index (χ3n) is 2.83. The Balaban J connectivity index is 2.64. The Kier molecular flexibility index (Phi) is 2.65. The van der Waals surface area contributed by atoms with Crippen LogP contribution in [-0.2, 0) is 0 Å². The highest BCUT2D eigenvalue weighted by molar-refractivity contribution is 5.72. The van der Waals surface area contributed by atoms with Crippen LogP contribution in [0.1, 0.15) is 11.1 Å². The molecule has 2 heteroatoms. The first-order chi connectivity index (χ1) is 7.58. The lowest BCUT2D eigenvalue weighted by Gasteiger charge is -2.10. The maximum Gasteiger partial charge on any atom is 0.123 e. The summed E-state index contributed by atoms with van der Waals surface area (Å²) in [6.07, 6.45) is 0. The van der Waals surface area contributed by atoms with Crippen LogP contribution < -0.4 is 5.73 Å². The van der Waals surface area contributed by atoms with Crippen molar-refractivity contribution in [2.24, 2.45) is 0 Å². The first-order valence-electron chi connectivity index (χ1n) is 5.20. The quantitative estimate of drug-likeness (QED) is 0.721. The zero-order chi connectivity index (χ0) is 11.7. The first-order valence-corrected chi connectivity index (χ1v) is 5.20. The Morgan fingerprint density at radius 1 is 1.06 bits per heavy atom. The molecule has 0 saturated heterocycles. The third-order valence-corrected chi connectivity index (χ3v) is 2.83. The molecular weight excluding hydrogens is 201 g/mol. The molecule has 0 radical (unpaired) electrons. The van der Waals surface area contributed by atoms with Crippen LogP contribution in [0.4, 0.5) is 10.1 Å². The summed E-state index contributed by atoms with van der Waals surface area (Å²) < 4.78 is 13.2. The Labute approximate surface area is 94.7 Å². The molecule has 0 aromatic heterocycles. The van der Waals surface area contributed by atoms with Crippen molar-refractivity contribution >= 4 is 5.69 Å². The monoisotopic (exact) mass is 215 g/mol. The maximum atomic E-state index is 13.2. The second-order valence-electron chi connectivity index (χ2n) is 4.02. The van der Waals surface area contributed by atoms with E-state index in [-0.39, 0.29) is 5.82 Å². The van der Waals surface area contributed by atoms with Crippen molar-refractivity contribution < 1.29 is 4.39 Å². The minimum Gasteiger partial charge on any atom is -0.399 e. The van der Waals surface area contributed by atoms with Crippen LogP contribution >= 0.6 is 0 Å². The molecule has 0 atom stereocenters. The lowest BCUT2D eigenvalue weighted by molar-refractivity contribution is 0.628. The smallest absolute Gasteiger partial charge is 0.123 e. The molecule has 0 aliphatic heterocycles. The van der Waals surface area contributed by atoms with E-state index in [4.69, 9.17) is 5.73 Å². The van der Waals surface area contributed by atoms with E-state index in [1.54, 1.807) is 6.07 Å². The summed E-state index contributed by atoms with van der Waals surface area (Å²) in [6.45, 7) is 4.03. The van der Waals surface area contributed by atoms with Crippen LogP contribution in [0.3, 0.4) is 0 Å². The van der Waals surface area contributed by atoms with Gasteiger partial charge >= 0.3 is 0 Å². The zero-order valence-corrected chi connectivity index (χ0v) is 9.42. The molecule has 0 bridgehead atoms. The standard InChI is InChI=1S/C14H14FN/c1-9-6-13(16)8-14(10(9)2)11-4-3-5-12(15)7-11/h3-8H,16H2,1-2H3. The zero-order valence-electron chi connectivity index (χ0n) is 9.42. The van der Waals surface area contributed by atoms with E-state index in [9.17, 15) is 4.39 Å². The Hall–Kier alpha value is -1.83. The van der Waals surface area contributed by atoms with Crippen molar-refractivity contribution in [2.45, 2.75) is 13.8 Å². The van der Waals surface area contributed by atoms with Crippen molar-refractivity contribution in [3.8, 4) is 11.1 Å². The van der Waals surface area contributed by atoms with E-state index in [0.717, 1.165) is 22.3 Å². The molecule has 2 aromatic carbocycles. The lowest BCUT2D eigenvalue weighted by Crippen LogP contribution is -1.93. The number of rotatable bonds is 1. The number of benzene rings is 2. The molecule has 82 valence electrons. The van der Waals surface area contributed by atoms with Gasteiger partial charge in [-0.1, -0.05) is 12.1 Å². The molecule has 0 spiro atoms. The summed E-state index contributed by atoms with van der Waals surface area (Å²) in [5, 5.41) is 0. The number of nitrogens with two attached hydrogens (primary N) is 1. The molecule has 0 aliphatic rings. The minimum absolute atomic E-state index is 0.225. The third kappa shape index (κ3) is 1.91. The molecular formula is C14H14FN. The molecule has 2 aromatic rings. The van der Waals surface area contributed by atoms with Crippen LogP contribution in [-0.4, -0.2) is 0 Å². The fraction of sp³-hybridized carbons (Fsp3) is 0.143. The Morgan fingerprint density at radius 3 is 2.50 bits per heavy atom. The van der Waals surface area contributed by atoms with Gasteiger partial charge in [0.15, 0.2) is 0 Å². The SMILES string of the molecule is Cc1cc(N)cc(-c2cccc(F)c2)c1C. The molecule has 0 saturated carbocycles. The van der Waals surface area contributed by atoms with Crippen molar-refractivity contribution in [3.63, 3.8) is 0 Å². The first kappa shape index (κ1) is 10.7. The highest BCUT2D eigenvalue weighted by Gasteiger charge is 2.06. The van der Waals surface area contributed by atoms with Gasteiger partial charge in [0.1, 0.15) is 5.82 Å². The normalized spacial score (nSPS) is 10.4. The van der Waals surface area contributed by atoms with Crippen molar-refractivity contribution in [1.29, 1.82) is 0 Å². The van der Waals surface area contributed by atoms with Gasteiger partial charge in [0.25, 0.3) is 0 Å². The summed E-state index contributed by atoms with van der Waals surface area (Å²) >= 11 is 0. The number of halogens is 1. The average Bonchev–Trinajstić information content (AvgIpc) is 2.23. The van der Waals surface area contributed by atoms with Gasteiger partial charge in [-0.05, 0) is 60.4 Å². The maximum absolute atomic E-state index is 13.2. The van der Waals surface area contributed by atoms with Crippen LogP contribution in [0.25, 0.3) is 11.1 Å². The molecule has 0 heterocycles. The molecule has 1 nitrogen and oxygen atoms in total. The van der Waals surface area contributed by atoms with Crippen molar-refractivity contribution in [3.05, 3.63) is 53.3 Å². The number of hydrogen-bond acceptors (Lipinski definition) is 1.